The van der Waals surface area contributed by atoms with Gasteiger partial charge in [-0.2, -0.15) is 9.90 Å². The molecule has 10 heteroatoms. The van der Waals surface area contributed by atoms with Crippen LogP contribution in [0.15, 0.2) is 24.3 Å². The van der Waals surface area contributed by atoms with Crippen LogP contribution in [0.3, 0.4) is 0 Å². The fourth-order valence-electron chi connectivity index (χ4n) is 2.60. The third-order valence-corrected chi connectivity index (χ3v) is 4.02. The molecule has 0 bridgehead atoms. The lowest BCUT2D eigenvalue weighted by Crippen LogP contribution is -2.16. The van der Waals surface area contributed by atoms with E-state index >= 15 is 0 Å². The lowest BCUT2D eigenvalue weighted by atomic mass is 10.1. The first kappa shape index (κ1) is 24.8. The van der Waals surface area contributed by atoms with Crippen molar-refractivity contribution in [3.05, 3.63) is 35.4 Å². The quantitative estimate of drug-likeness (QED) is 0.349. The molecule has 0 fully saturated rings. The second-order valence-electron chi connectivity index (χ2n) is 5.49. The van der Waals surface area contributed by atoms with Crippen molar-refractivity contribution in [2.24, 2.45) is 0 Å². The number of hydrogen-bond acceptors (Lipinski definition) is 9. The molecule has 0 aliphatic rings. The molecule has 0 spiro atoms. The van der Waals surface area contributed by atoms with Crippen LogP contribution in [0.25, 0.3) is 0 Å². The van der Waals surface area contributed by atoms with Crippen LogP contribution >= 0.6 is 9.90 Å². The predicted octanol–water partition coefficient (Wildman–Crippen LogP) is 2.79. The first-order valence-electron chi connectivity index (χ1n) is 8.30. The number of methoxy groups -OCH3 is 6. The molecule has 2 aromatic rings. The summed E-state index contributed by atoms with van der Waals surface area (Å²) in [7, 11) is 8.37. The van der Waals surface area contributed by atoms with Gasteiger partial charge < -0.3 is 33.2 Å². The summed E-state index contributed by atoms with van der Waals surface area (Å²) in [6, 6.07) is 5.88. The number of benzene rings is 2. The Hall–Kier alpha value is -3.19. The molecule has 1 unspecified atom stereocenters. The van der Waals surface area contributed by atoms with Gasteiger partial charge in [-0.1, -0.05) is 0 Å². The highest BCUT2D eigenvalue weighted by Crippen LogP contribution is 2.37. The van der Waals surface area contributed by atoms with E-state index in [-0.39, 0.29) is 44.0 Å². The average molecular weight is 440 g/mol. The summed E-state index contributed by atoms with van der Waals surface area (Å²) in [5.74, 6) is -0.682. The first-order chi connectivity index (χ1) is 13.9. The third-order valence-electron chi connectivity index (χ3n) is 4.02. The Morgan fingerprint density at radius 2 is 0.800 bits per heavy atom. The zero-order chi connectivity index (χ0) is 21.6. The van der Waals surface area contributed by atoms with E-state index in [2.05, 4.69) is 0 Å². The van der Waals surface area contributed by atoms with Crippen molar-refractivity contribution >= 4 is 21.8 Å². The molecule has 0 radical (unpaired) electrons. The second-order valence-corrected chi connectivity index (χ2v) is 5.49. The van der Waals surface area contributed by atoms with Crippen LogP contribution in [0.4, 0.5) is 0 Å². The largest absolute Gasteiger partial charge is 0.496 e. The summed E-state index contributed by atoms with van der Waals surface area (Å²) in [5.41, 5.74) is -0.147. The van der Waals surface area contributed by atoms with Gasteiger partial charge in [0.25, 0.3) is 0 Å². The summed E-state index contributed by atoms with van der Waals surface area (Å²) in [6.45, 7) is 0. The van der Waals surface area contributed by atoms with Crippen LogP contribution in [0.5, 0.6) is 34.5 Å². The van der Waals surface area contributed by atoms with Crippen molar-refractivity contribution in [3.8, 4) is 34.5 Å². The Balaban J connectivity index is 0.00000450. The van der Waals surface area contributed by atoms with Crippen molar-refractivity contribution in [1.82, 2.24) is 0 Å². The van der Waals surface area contributed by atoms with Crippen LogP contribution < -0.4 is 28.4 Å². The van der Waals surface area contributed by atoms with E-state index in [1.165, 1.54) is 66.9 Å². The van der Waals surface area contributed by atoms with E-state index in [4.69, 9.17) is 33.2 Å². The lowest BCUT2D eigenvalue weighted by molar-refractivity contribution is 0.0389. The molecular formula is C20H25O9P. The highest BCUT2D eigenvalue weighted by atomic mass is 31.0. The molecule has 164 valence electrons. The van der Waals surface area contributed by atoms with Gasteiger partial charge in [0.1, 0.15) is 45.6 Å². The SMILES string of the molecule is COc1cc(OC)c(C(=O)OC(=O)c2c(OC)cc(OC)cc2OC)c(OC)c1.P. The lowest BCUT2D eigenvalue weighted by Gasteiger charge is -2.16. The molecule has 0 aliphatic carbocycles. The van der Waals surface area contributed by atoms with E-state index < -0.39 is 11.9 Å². The minimum Gasteiger partial charge on any atom is -0.496 e. The maximum Gasteiger partial charge on any atom is 0.353 e. The number of esters is 2. The minimum atomic E-state index is -0.980. The fourth-order valence-corrected chi connectivity index (χ4v) is 2.60. The molecule has 0 N–H and O–H groups in total. The van der Waals surface area contributed by atoms with Crippen molar-refractivity contribution in [2.45, 2.75) is 0 Å². The molecule has 0 saturated heterocycles. The van der Waals surface area contributed by atoms with Gasteiger partial charge in [-0.25, -0.2) is 9.59 Å². The molecule has 1 atom stereocenters. The monoisotopic (exact) mass is 440 g/mol. The molecule has 9 nitrogen and oxygen atoms in total. The molecule has 2 rings (SSSR count). The maximum absolute atomic E-state index is 12.8. The topological polar surface area (TPSA) is 98.8 Å². The number of carbonyl (C=O) groups excluding carboxylic acids is 2. The van der Waals surface area contributed by atoms with Gasteiger partial charge in [-0.15, -0.1) is 0 Å². The third kappa shape index (κ3) is 5.04. The van der Waals surface area contributed by atoms with Gasteiger partial charge in [0.05, 0.1) is 42.7 Å². The zero-order valence-electron chi connectivity index (χ0n) is 17.7. The molecule has 0 amide bonds. The van der Waals surface area contributed by atoms with Crippen LogP contribution in [0.1, 0.15) is 20.7 Å². The molecule has 0 aromatic heterocycles. The zero-order valence-corrected chi connectivity index (χ0v) is 19.1. The number of hydrogen-bond donors (Lipinski definition) is 0. The summed E-state index contributed by atoms with van der Waals surface area (Å²) in [6.07, 6.45) is 0. The van der Waals surface area contributed by atoms with E-state index in [1.54, 1.807) is 0 Å². The van der Waals surface area contributed by atoms with E-state index in [9.17, 15) is 9.59 Å². The minimum absolute atomic E-state index is 0. The standard InChI is InChI=1S/C20H22O9.H3P/c1-23-11-7-13(25-3)17(14(8-11)26-4)19(21)29-20(22)18-15(27-5)9-12(24-2)10-16(18)28-6;/h7-10H,1-6H3;1H3. The Kier molecular flexibility index (Phi) is 9.20. The second kappa shape index (κ2) is 11.1. The van der Waals surface area contributed by atoms with Gasteiger partial charge in [0, 0.05) is 24.3 Å². The van der Waals surface area contributed by atoms with Crippen molar-refractivity contribution in [3.63, 3.8) is 0 Å². The number of carbonyl (C=O) groups is 2. The summed E-state index contributed by atoms with van der Waals surface area (Å²) in [5, 5.41) is 0. The summed E-state index contributed by atoms with van der Waals surface area (Å²) in [4.78, 5) is 25.5. The molecular weight excluding hydrogens is 415 g/mol. The van der Waals surface area contributed by atoms with Gasteiger partial charge >= 0.3 is 11.9 Å². The molecule has 30 heavy (non-hydrogen) atoms. The van der Waals surface area contributed by atoms with E-state index in [1.807, 2.05) is 0 Å². The van der Waals surface area contributed by atoms with Crippen LogP contribution in [-0.2, 0) is 4.74 Å². The van der Waals surface area contributed by atoms with Gasteiger partial charge in [-0.3, -0.25) is 0 Å². The normalized spacial score (nSPS) is 9.67. The smallest absolute Gasteiger partial charge is 0.353 e. The van der Waals surface area contributed by atoms with Crippen molar-refractivity contribution in [2.75, 3.05) is 42.7 Å². The molecule has 0 saturated carbocycles. The van der Waals surface area contributed by atoms with Gasteiger partial charge in [0.2, 0.25) is 0 Å². The highest BCUT2D eigenvalue weighted by Gasteiger charge is 2.28. The van der Waals surface area contributed by atoms with Crippen molar-refractivity contribution < 1.29 is 42.7 Å². The van der Waals surface area contributed by atoms with Gasteiger partial charge in [-0.05, 0) is 0 Å². The summed E-state index contributed by atoms with van der Waals surface area (Å²) >= 11 is 0. The van der Waals surface area contributed by atoms with Crippen LogP contribution in [0.2, 0.25) is 0 Å². The Labute approximate surface area is 177 Å². The van der Waals surface area contributed by atoms with Crippen LogP contribution in [0, 0.1) is 0 Å². The van der Waals surface area contributed by atoms with Gasteiger partial charge in [0.15, 0.2) is 0 Å². The average Bonchev–Trinajstić information content (AvgIpc) is 2.76. The highest BCUT2D eigenvalue weighted by molar-refractivity contribution is 6.92. The maximum atomic E-state index is 12.8. The fraction of sp³-hybridized carbons (Fsp3) is 0.300. The summed E-state index contributed by atoms with van der Waals surface area (Å²) < 4.78 is 36.2. The van der Waals surface area contributed by atoms with Crippen molar-refractivity contribution in [1.29, 1.82) is 0 Å². The Morgan fingerprint density at radius 1 is 0.533 bits per heavy atom. The van der Waals surface area contributed by atoms with E-state index in [0.29, 0.717) is 11.5 Å². The Bertz CT molecular complexity index is 788. The molecule has 0 heterocycles. The number of rotatable bonds is 8. The number of ether oxygens (including phenoxy) is 7. The Morgan fingerprint density at radius 3 is 1.00 bits per heavy atom. The van der Waals surface area contributed by atoms with Crippen LogP contribution in [-0.4, -0.2) is 54.6 Å². The van der Waals surface area contributed by atoms with E-state index in [0.717, 1.165) is 0 Å². The predicted molar refractivity (Wildman–Crippen MR) is 113 cm³/mol. The first-order valence-corrected chi connectivity index (χ1v) is 8.30. The molecule has 0 aliphatic heterocycles. The molecule has 2 aromatic carbocycles.